The van der Waals surface area contributed by atoms with Crippen LogP contribution in [0.3, 0.4) is 0 Å². The molecular weight excluding hydrogens is 186 g/mol. The predicted molar refractivity (Wildman–Crippen MR) is 65.1 cm³/mol. The van der Waals surface area contributed by atoms with Crippen LogP contribution >= 0.6 is 0 Å². The van der Waals surface area contributed by atoms with Crippen molar-refractivity contribution in [1.82, 2.24) is 4.98 Å². The second-order valence-corrected chi connectivity index (χ2v) is 4.07. The highest BCUT2D eigenvalue weighted by molar-refractivity contribution is 5.40. The van der Waals surface area contributed by atoms with Gasteiger partial charge < -0.3 is 10.6 Å². The third kappa shape index (κ3) is 3.51. The molecule has 1 rings (SSSR count). The molecule has 0 aliphatic rings. The predicted octanol–water partition coefficient (Wildman–Crippen LogP) is 1.81. The Bertz CT molecular complexity index is 299. The highest BCUT2D eigenvalue weighted by atomic mass is 15.2. The maximum absolute atomic E-state index is 5.64. The summed E-state index contributed by atoms with van der Waals surface area (Å²) in [4.78, 5) is 6.65. The van der Waals surface area contributed by atoms with Gasteiger partial charge in [-0.05, 0) is 44.0 Å². The zero-order chi connectivity index (χ0) is 11.3. The van der Waals surface area contributed by atoms with Crippen LogP contribution in [0, 0.1) is 12.8 Å². The van der Waals surface area contributed by atoms with Crippen LogP contribution in [0.5, 0.6) is 0 Å². The summed E-state index contributed by atoms with van der Waals surface area (Å²) < 4.78 is 0. The molecule has 1 aromatic rings. The average Bonchev–Trinajstić information content (AvgIpc) is 2.25. The summed E-state index contributed by atoms with van der Waals surface area (Å²) in [6, 6.07) is 4.14. The molecule has 0 amide bonds. The molecule has 1 aromatic heterocycles. The lowest BCUT2D eigenvalue weighted by Crippen LogP contribution is -2.32. The summed E-state index contributed by atoms with van der Waals surface area (Å²) in [6.07, 6.45) is 1.86. The molecule has 0 aliphatic carbocycles. The van der Waals surface area contributed by atoms with E-state index in [0.717, 1.165) is 25.5 Å². The lowest BCUT2D eigenvalue weighted by molar-refractivity contribution is 0.573. The molecule has 3 nitrogen and oxygen atoms in total. The minimum atomic E-state index is 0.507. The Labute approximate surface area is 92.3 Å². The van der Waals surface area contributed by atoms with Gasteiger partial charge in [-0.15, -0.1) is 0 Å². The van der Waals surface area contributed by atoms with Gasteiger partial charge >= 0.3 is 0 Å². The third-order valence-electron chi connectivity index (χ3n) is 2.54. The number of hydrogen-bond acceptors (Lipinski definition) is 3. The molecule has 3 heteroatoms. The van der Waals surface area contributed by atoms with Crippen molar-refractivity contribution in [2.45, 2.75) is 20.8 Å². The molecule has 84 valence electrons. The van der Waals surface area contributed by atoms with Gasteiger partial charge in [-0.25, -0.2) is 4.98 Å². The van der Waals surface area contributed by atoms with E-state index >= 15 is 0 Å². The molecule has 1 atom stereocenters. The van der Waals surface area contributed by atoms with Crippen LogP contribution in [-0.4, -0.2) is 24.6 Å². The minimum absolute atomic E-state index is 0.507. The molecule has 0 spiro atoms. The first-order valence-corrected chi connectivity index (χ1v) is 5.55. The Morgan fingerprint density at radius 1 is 1.53 bits per heavy atom. The number of anilines is 1. The van der Waals surface area contributed by atoms with Crippen molar-refractivity contribution in [3.8, 4) is 0 Å². The summed E-state index contributed by atoms with van der Waals surface area (Å²) in [7, 11) is 0. The van der Waals surface area contributed by atoms with E-state index in [1.165, 1.54) is 5.56 Å². The van der Waals surface area contributed by atoms with E-state index in [9.17, 15) is 0 Å². The molecule has 2 N–H and O–H groups in total. The molecule has 1 heterocycles. The van der Waals surface area contributed by atoms with Crippen molar-refractivity contribution in [1.29, 1.82) is 0 Å². The third-order valence-corrected chi connectivity index (χ3v) is 2.54. The number of rotatable bonds is 5. The average molecular weight is 207 g/mol. The summed E-state index contributed by atoms with van der Waals surface area (Å²) in [5.41, 5.74) is 6.88. The number of hydrogen-bond donors (Lipinski definition) is 1. The molecule has 0 saturated heterocycles. The van der Waals surface area contributed by atoms with Gasteiger partial charge in [-0.3, -0.25) is 0 Å². The van der Waals surface area contributed by atoms with Gasteiger partial charge in [0.25, 0.3) is 0 Å². The van der Waals surface area contributed by atoms with Gasteiger partial charge in [-0.1, -0.05) is 6.92 Å². The number of aryl methyl sites for hydroxylation is 1. The maximum Gasteiger partial charge on any atom is 0.128 e. The van der Waals surface area contributed by atoms with Crippen LogP contribution in [0.15, 0.2) is 18.3 Å². The first-order chi connectivity index (χ1) is 7.17. The SMILES string of the molecule is CCN(CC(C)CN)c1cc(C)ccn1. The highest BCUT2D eigenvalue weighted by Crippen LogP contribution is 2.13. The van der Waals surface area contributed by atoms with E-state index in [2.05, 4.69) is 36.7 Å². The minimum Gasteiger partial charge on any atom is -0.357 e. The molecule has 0 saturated carbocycles. The van der Waals surface area contributed by atoms with E-state index < -0.39 is 0 Å². The van der Waals surface area contributed by atoms with Gasteiger partial charge in [0.2, 0.25) is 0 Å². The first-order valence-electron chi connectivity index (χ1n) is 5.55. The van der Waals surface area contributed by atoms with Crippen LogP contribution in [0.2, 0.25) is 0 Å². The fraction of sp³-hybridized carbons (Fsp3) is 0.583. The second kappa shape index (κ2) is 5.71. The normalized spacial score (nSPS) is 12.5. The number of nitrogens with zero attached hydrogens (tertiary/aromatic N) is 2. The Morgan fingerprint density at radius 2 is 2.27 bits per heavy atom. The lowest BCUT2D eigenvalue weighted by atomic mass is 10.1. The number of nitrogens with two attached hydrogens (primary N) is 1. The summed E-state index contributed by atoms with van der Waals surface area (Å²) in [6.45, 7) is 9.07. The van der Waals surface area contributed by atoms with Crippen LogP contribution in [0.4, 0.5) is 5.82 Å². The fourth-order valence-electron chi connectivity index (χ4n) is 1.53. The molecule has 0 aromatic carbocycles. The van der Waals surface area contributed by atoms with E-state index in [4.69, 9.17) is 5.73 Å². The van der Waals surface area contributed by atoms with Crippen LogP contribution in [0.1, 0.15) is 19.4 Å². The van der Waals surface area contributed by atoms with Gasteiger partial charge in [0, 0.05) is 19.3 Å². The summed E-state index contributed by atoms with van der Waals surface area (Å²) in [5.74, 6) is 1.56. The number of pyridine rings is 1. The molecule has 0 bridgehead atoms. The Morgan fingerprint density at radius 3 is 2.80 bits per heavy atom. The smallest absolute Gasteiger partial charge is 0.128 e. The Balaban J connectivity index is 2.73. The first kappa shape index (κ1) is 12.0. The molecule has 0 fully saturated rings. The Kier molecular flexibility index (Phi) is 4.56. The van der Waals surface area contributed by atoms with Crippen molar-refractivity contribution in [3.63, 3.8) is 0 Å². The second-order valence-electron chi connectivity index (χ2n) is 4.07. The van der Waals surface area contributed by atoms with Gasteiger partial charge in [0.15, 0.2) is 0 Å². The van der Waals surface area contributed by atoms with Crippen LogP contribution in [0.25, 0.3) is 0 Å². The number of aromatic nitrogens is 1. The molecule has 0 aliphatic heterocycles. The molecule has 1 unspecified atom stereocenters. The topological polar surface area (TPSA) is 42.1 Å². The van der Waals surface area contributed by atoms with Crippen LogP contribution < -0.4 is 10.6 Å². The quantitative estimate of drug-likeness (QED) is 0.800. The molecular formula is C12H21N3. The van der Waals surface area contributed by atoms with Crippen molar-refractivity contribution in [2.75, 3.05) is 24.5 Å². The maximum atomic E-state index is 5.64. The van der Waals surface area contributed by atoms with Gasteiger partial charge in [0.1, 0.15) is 5.82 Å². The van der Waals surface area contributed by atoms with Crippen molar-refractivity contribution in [2.24, 2.45) is 11.7 Å². The van der Waals surface area contributed by atoms with E-state index in [1.54, 1.807) is 0 Å². The highest BCUT2D eigenvalue weighted by Gasteiger charge is 2.09. The van der Waals surface area contributed by atoms with Crippen molar-refractivity contribution < 1.29 is 0 Å². The van der Waals surface area contributed by atoms with Crippen molar-refractivity contribution in [3.05, 3.63) is 23.9 Å². The molecule has 15 heavy (non-hydrogen) atoms. The lowest BCUT2D eigenvalue weighted by Gasteiger charge is -2.25. The standard InChI is InChI=1S/C12H21N3/c1-4-15(9-11(3)8-13)12-7-10(2)5-6-14-12/h5-7,11H,4,8-9,13H2,1-3H3. The van der Waals surface area contributed by atoms with E-state index in [1.807, 2.05) is 12.3 Å². The molecule has 0 radical (unpaired) electrons. The van der Waals surface area contributed by atoms with Gasteiger partial charge in [0.05, 0.1) is 0 Å². The zero-order valence-corrected chi connectivity index (χ0v) is 9.90. The van der Waals surface area contributed by atoms with Crippen molar-refractivity contribution >= 4 is 5.82 Å². The van der Waals surface area contributed by atoms with Gasteiger partial charge in [-0.2, -0.15) is 0 Å². The summed E-state index contributed by atoms with van der Waals surface area (Å²) >= 11 is 0. The van der Waals surface area contributed by atoms with Crippen LogP contribution in [-0.2, 0) is 0 Å². The van der Waals surface area contributed by atoms with E-state index in [-0.39, 0.29) is 0 Å². The summed E-state index contributed by atoms with van der Waals surface area (Å²) in [5, 5.41) is 0. The zero-order valence-electron chi connectivity index (χ0n) is 9.90. The van der Waals surface area contributed by atoms with E-state index in [0.29, 0.717) is 5.92 Å². The largest absolute Gasteiger partial charge is 0.357 e. The fourth-order valence-corrected chi connectivity index (χ4v) is 1.53. The Hall–Kier alpha value is -1.09. The monoisotopic (exact) mass is 207 g/mol.